The molecule has 1 aromatic carbocycles. The van der Waals surface area contributed by atoms with E-state index in [9.17, 15) is 4.79 Å². The monoisotopic (exact) mass is 313 g/mol. The summed E-state index contributed by atoms with van der Waals surface area (Å²) in [6.07, 6.45) is 3.25. The maximum absolute atomic E-state index is 11.7. The maximum atomic E-state index is 11.7. The van der Waals surface area contributed by atoms with Crippen LogP contribution in [0.3, 0.4) is 0 Å². The van der Waals surface area contributed by atoms with Gasteiger partial charge in [-0.2, -0.15) is 10.2 Å². The summed E-state index contributed by atoms with van der Waals surface area (Å²) in [6, 6.07) is 7.28. The van der Waals surface area contributed by atoms with Crippen molar-refractivity contribution in [1.29, 1.82) is 0 Å². The van der Waals surface area contributed by atoms with Crippen molar-refractivity contribution < 1.29 is 4.79 Å². The molecule has 0 saturated heterocycles. The Bertz CT molecular complexity index is 878. The van der Waals surface area contributed by atoms with E-state index in [1.165, 1.54) is 0 Å². The lowest BCUT2D eigenvalue weighted by Crippen LogP contribution is -2.15. The van der Waals surface area contributed by atoms with Crippen LogP contribution >= 0.6 is 11.6 Å². The van der Waals surface area contributed by atoms with Crippen LogP contribution in [0.1, 0.15) is 21.7 Å². The summed E-state index contributed by atoms with van der Waals surface area (Å²) < 4.78 is 1.74. The van der Waals surface area contributed by atoms with E-state index < -0.39 is 5.91 Å². The molecule has 2 heterocycles. The van der Waals surface area contributed by atoms with Crippen molar-refractivity contribution in [2.45, 2.75) is 12.8 Å². The van der Waals surface area contributed by atoms with Gasteiger partial charge in [-0.15, -0.1) is 0 Å². The third-order valence-corrected chi connectivity index (χ3v) is 4.14. The molecule has 0 saturated carbocycles. The minimum absolute atomic E-state index is 0.316. The molecule has 22 heavy (non-hydrogen) atoms. The molecule has 3 N–H and O–H groups in total. The third kappa shape index (κ3) is 1.84. The number of hydrogen-bond donors (Lipinski definition) is 2. The van der Waals surface area contributed by atoms with Crippen LogP contribution < -0.4 is 5.73 Å². The van der Waals surface area contributed by atoms with Crippen LogP contribution in [0.25, 0.3) is 16.9 Å². The molecule has 0 radical (unpaired) electrons. The molecule has 0 spiro atoms. The molecular formula is C15H12ClN5O. The molecule has 1 aliphatic rings. The summed E-state index contributed by atoms with van der Waals surface area (Å²) in [5, 5.41) is 12.2. The molecule has 6 nitrogen and oxygen atoms in total. The van der Waals surface area contributed by atoms with Crippen LogP contribution in [-0.4, -0.2) is 25.9 Å². The molecule has 0 unspecified atom stereocenters. The lowest BCUT2D eigenvalue weighted by Gasteiger charge is -2.14. The van der Waals surface area contributed by atoms with E-state index in [0.29, 0.717) is 17.1 Å². The first-order chi connectivity index (χ1) is 10.6. The molecular weight excluding hydrogens is 302 g/mol. The summed E-state index contributed by atoms with van der Waals surface area (Å²) in [5.74, 6) is -0.518. The van der Waals surface area contributed by atoms with Gasteiger partial charge in [0, 0.05) is 21.8 Å². The van der Waals surface area contributed by atoms with Crippen molar-refractivity contribution in [2.75, 3.05) is 0 Å². The smallest absolute Gasteiger partial charge is 0.269 e. The number of rotatable bonds is 2. The molecule has 7 heteroatoms. The van der Waals surface area contributed by atoms with Gasteiger partial charge in [-0.3, -0.25) is 9.89 Å². The molecule has 4 rings (SSSR count). The third-order valence-electron chi connectivity index (χ3n) is 3.89. The van der Waals surface area contributed by atoms with E-state index in [2.05, 4.69) is 15.3 Å². The summed E-state index contributed by atoms with van der Waals surface area (Å²) in [4.78, 5) is 11.7. The molecule has 1 amide bonds. The van der Waals surface area contributed by atoms with E-state index in [1.807, 2.05) is 12.1 Å². The Hall–Kier alpha value is -2.60. The first-order valence-electron chi connectivity index (χ1n) is 6.85. The molecule has 2 aromatic heterocycles. The van der Waals surface area contributed by atoms with Crippen molar-refractivity contribution >= 4 is 17.5 Å². The average molecular weight is 314 g/mol. The molecule has 0 atom stereocenters. The van der Waals surface area contributed by atoms with Crippen molar-refractivity contribution in [3.63, 3.8) is 0 Å². The highest BCUT2D eigenvalue weighted by Crippen LogP contribution is 2.35. The van der Waals surface area contributed by atoms with Crippen LogP contribution in [0.2, 0.25) is 5.02 Å². The van der Waals surface area contributed by atoms with E-state index in [4.69, 9.17) is 17.3 Å². The average Bonchev–Trinajstić information content (AvgIpc) is 3.11. The zero-order chi connectivity index (χ0) is 15.3. The van der Waals surface area contributed by atoms with Crippen LogP contribution in [-0.2, 0) is 12.8 Å². The standard InChI is InChI=1S/C15H12ClN5O/c16-8-1-3-9(4-2-8)21-14-10(13(20-21)15(17)22)5-6-12-11(14)7-18-19-12/h1-4,7H,5-6H2,(H2,17,22)(H,18,19). The molecule has 3 aromatic rings. The van der Waals surface area contributed by atoms with E-state index in [1.54, 1.807) is 23.0 Å². The van der Waals surface area contributed by atoms with E-state index >= 15 is 0 Å². The summed E-state index contributed by atoms with van der Waals surface area (Å²) in [5.41, 5.74) is 10.4. The topological polar surface area (TPSA) is 89.6 Å². The van der Waals surface area contributed by atoms with Gasteiger partial charge in [0.2, 0.25) is 0 Å². The number of nitrogens with two attached hydrogens (primary N) is 1. The van der Waals surface area contributed by atoms with Crippen molar-refractivity contribution in [3.8, 4) is 16.9 Å². The number of nitrogens with one attached hydrogen (secondary N) is 1. The van der Waals surface area contributed by atoms with Crippen LogP contribution in [0.4, 0.5) is 0 Å². The molecule has 0 bridgehead atoms. The van der Waals surface area contributed by atoms with Gasteiger partial charge in [-0.1, -0.05) is 11.6 Å². The number of aromatic nitrogens is 4. The Morgan fingerprint density at radius 1 is 1.27 bits per heavy atom. The van der Waals surface area contributed by atoms with Crippen molar-refractivity contribution in [1.82, 2.24) is 20.0 Å². The minimum atomic E-state index is -0.518. The Morgan fingerprint density at radius 3 is 2.77 bits per heavy atom. The normalized spacial score (nSPS) is 12.8. The number of primary amides is 1. The number of amides is 1. The second-order valence-electron chi connectivity index (χ2n) is 5.19. The molecule has 0 aliphatic heterocycles. The minimum Gasteiger partial charge on any atom is -0.364 e. The number of halogens is 1. The number of carbonyl (C=O) groups excluding carboxylic acids is 1. The Kier molecular flexibility index (Phi) is 2.80. The lowest BCUT2D eigenvalue weighted by atomic mass is 9.93. The van der Waals surface area contributed by atoms with E-state index in [0.717, 1.165) is 34.6 Å². The summed E-state index contributed by atoms with van der Waals surface area (Å²) in [6.45, 7) is 0. The predicted molar refractivity (Wildman–Crippen MR) is 82.1 cm³/mol. The highest BCUT2D eigenvalue weighted by molar-refractivity contribution is 6.30. The van der Waals surface area contributed by atoms with Gasteiger partial charge in [0.15, 0.2) is 5.69 Å². The first-order valence-corrected chi connectivity index (χ1v) is 7.23. The number of H-pyrrole nitrogens is 1. The van der Waals surface area contributed by atoms with Gasteiger partial charge >= 0.3 is 0 Å². The van der Waals surface area contributed by atoms with Crippen LogP contribution in [0.15, 0.2) is 30.5 Å². The van der Waals surface area contributed by atoms with Gasteiger partial charge in [-0.05, 0) is 37.1 Å². The number of carbonyl (C=O) groups is 1. The summed E-state index contributed by atoms with van der Waals surface area (Å²) in [7, 11) is 0. The lowest BCUT2D eigenvalue weighted by molar-refractivity contribution is 0.0994. The van der Waals surface area contributed by atoms with Crippen LogP contribution in [0.5, 0.6) is 0 Å². The molecule has 1 aliphatic carbocycles. The Balaban J connectivity index is 2.00. The highest BCUT2D eigenvalue weighted by Gasteiger charge is 2.28. The number of benzene rings is 1. The summed E-state index contributed by atoms with van der Waals surface area (Å²) >= 11 is 5.94. The van der Waals surface area contributed by atoms with Gasteiger partial charge in [-0.25, -0.2) is 4.68 Å². The highest BCUT2D eigenvalue weighted by atomic mass is 35.5. The van der Waals surface area contributed by atoms with Gasteiger partial charge in [0.1, 0.15) is 0 Å². The second kappa shape index (κ2) is 4.71. The number of hydrogen-bond acceptors (Lipinski definition) is 3. The Labute approximate surface area is 130 Å². The Morgan fingerprint density at radius 2 is 2.05 bits per heavy atom. The SMILES string of the molecule is NC(=O)c1nn(-c2ccc(Cl)cc2)c2c1CCc1[nH]ncc1-2. The largest absolute Gasteiger partial charge is 0.364 e. The zero-order valence-corrected chi connectivity index (χ0v) is 12.3. The van der Waals surface area contributed by atoms with Gasteiger partial charge < -0.3 is 5.73 Å². The molecule has 110 valence electrons. The first kappa shape index (κ1) is 13.1. The number of aromatic amines is 1. The predicted octanol–water partition coefficient (Wildman–Crippen LogP) is 2.11. The van der Waals surface area contributed by atoms with Gasteiger partial charge in [0.25, 0.3) is 5.91 Å². The fraction of sp³-hybridized carbons (Fsp3) is 0.133. The molecule has 0 fully saturated rings. The zero-order valence-electron chi connectivity index (χ0n) is 11.5. The van der Waals surface area contributed by atoms with E-state index in [-0.39, 0.29) is 0 Å². The van der Waals surface area contributed by atoms with Crippen molar-refractivity contribution in [2.24, 2.45) is 5.73 Å². The fourth-order valence-corrected chi connectivity index (χ4v) is 3.01. The van der Waals surface area contributed by atoms with Crippen LogP contribution in [0, 0.1) is 0 Å². The number of aryl methyl sites for hydroxylation is 1. The van der Waals surface area contributed by atoms with Gasteiger partial charge in [0.05, 0.1) is 17.6 Å². The number of fused-ring (bicyclic) bond motifs is 3. The van der Waals surface area contributed by atoms with Crippen molar-refractivity contribution in [3.05, 3.63) is 52.4 Å². The maximum Gasteiger partial charge on any atom is 0.269 e. The number of nitrogens with zero attached hydrogens (tertiary/aromatic N) is 3. The quantitative estimate of drug-likeness (QED) is 0.759. The second-order valence-corrected chi connectivity index (χ2v) is 5.63. The fourth-order valence-electron chi connectivity index (χ4n) is 2.89.